The Morgan fingerprint density at radius 2 is 2.00 bits per heavy atom. The van der Waals surface area contributed by atoms with Gasteiger partial charge >= 0.3 is 0 Å². The third-order valence-electron chi connectivity index (χ3n) is 1.66. The van der Waals surface area contributed by atoms with Crippen LogP contribution in [0.3, 0.4) is 0 Å². The summed E-state index contributed by atoms with van der Waals surface area (Å²) >= 11 is 0. The number of aromatic nitrogens is 2. The monoisotopic (exact) mass is 189 g/mol. The number of aromatic amines is 1. The van der Waals surface area contributed by atoms with Gasteiger partial charge in [-0.05, 0) is 36.7 Å². The van der Waals surface area contributed by atoms with Crippen LogP contribution in [0.2, 0.25) is 0 Å². The van der Waals surface area contributed by atoms with Gasteiger partial charge in [0.05, 0.1) is 0 Å². The maximum atomic E-state index is 5.31. The van der Waals surface area contributed by atoms with Gasteiger partial charge in [-0.15, -0.1) is 0 Å². The van der Waals surface area contributed by atoms with Crippen LogP contribution in [0.4, 0.5) is 0 Å². The Bertz CT molecular complexity index is 276. The average molecular weight is 189 g/mol. The molecule has 0 amide bonds. The van der Waals surface area contributed by atoms with Gasteiger partial charge in [-0.2, -0.15) is 0 Å². The molecule has 0 unspecified atom stereocenters. The van der Waals surface area contributed by atoms with Gasteiger partial charge in [0.2, 0.25) is 0 Å². The van der Waals surface area contributed by atoms with Gasteiger partial charge in [-0.25, -0.2) is 0 Å². The summed E-state index contributed by atoms with van der Waals surface area (Å²) in [6.07, 6.45) is 8.35. The van der Waals surface area contributed by atoms with E-state index >= 15 is 0 Å². The van der Waals surface area contributed by atoms with Gasteiger partial charge in [0.15, 0.2) is 0 Å². The molecule has 0 aromatic carbocycles. The molecule has 2 rings (SSSR count). The van der Waals surface area contributed by atoms with E-state index in [-0.39, 0.29) is 0 Å². The van der Waals surface area contributed by atoms with Crippen molar-refractivity contribution in [1.82, 2.24) is 9.97 Å². The molecule has 14 heavy (non-hydrogen) atoms. The predicted octanol–water partition coefficient (Wildman–Crippen LogP) is 1.60. The molecule has 0 saturated carbocycles. The Hall–Kier alpha value is -1.61. The van der Waals surface area contributed by atoms with Crippen LogP contribution in [0.1, 0.15) is 5.56 Å². The van der Waals surface area contributed by atoms with Crippen LogP contribution < -0.4 is 5.73 Å². The first-order valence-electron chi connectivity index (χ1n) is 4.60. The number of nitrogens with zero attached hydrogens (tertiary/aromatic N) is 1. The first-order valence-corrected chi connectivity index (χ1v) is 4.60. The van der Waals surface area contributed by atoms with Crippen LogP contribution in [0.5, 0.6) is 0 Å². The van der Waals surface area contributed by atoms with Crippen LogP contribution >= 0.6 is 0 Å². The van der Waals surface area contributed by atoms with Crippen molar-refractivity contribution in [2.45, 2.75) is 6.42 Å². The first kappa shape index (κ1) is 10.5. The standard InChI is InChI=1S/C6H10N2.C5H5N/c7-3-1-6-2-4-8-5-6;1-2-4-6-5-3-1/h2,4-5,8H,1,3,7H2;1-5H. The lowest BCUT2D eigenvalue weighted by atomic mass is 10.2. The summed E-state index contributed by atoms with van der Waals surface area (Å²) in [6.45, 7) is 0.734. The molecule has 0 saturated heterocycles. The summed E-state index contributed by atoms with van der Waals surface area (Å²) in [5, 5.41) is 0. The Kier molecular flexibility index (Phi) is 5.13. The summed E-state index contributed by atoms with van der Waals surface area (Å²) in [7, 11) is 0. The lowest BCUT2D eigenvalue weighted by Gasteiger charge is -1.86. The van der Waals surface area contributed by atoms with E-state index in [4.69, 9.17) is 5.73 Å². The molecule has 0 fully saturated rings. The first-order chi connectivity index (χ1) is 6.93. The predicted molar refractivity (Wildman–Crippen MR) is 57.8 cm³/mol. The topological polar surface area (TPSA) is 54.7 Å². The third kappa shape index (κ3) is 4.42. The van der Waals surface area contributed by atoms with Gasteiger partial charge in [-0.3, -0.25) is 4.98 Å². The van der Waals surface area contributed by atoms with Crippen molar-refractivity contribution in [1.29, 1.82) is 0 Å². The Morgan fingerprint density at radius 1 is 1.21 bits per heavy atom. The number of rotatable bonds is 2. The molecule has 0 aliphatic heterocycles. The normalized spacial score (nSPS) is 8.93. The molecule has 0 radical (unpaired) electrons. The molecule has 3 N–H and O–H groups in total. The Morgan fingerprint density at radius 3 is 2.36 bits per heavy atom. The molecule has 74 valence electrons. The summed E-state index contributed by atoms with van der Waals surface area (Å²) < 4.78 is 0. The zero-order valence-electron chi connectivity index (χ0n) is 8.06. The second-order valence-electron chi connectivity index (χ2n) is 2.78. The van der Waals surface area contributed by atoms with Crippen molar-refractivity contribution >= 4 is 0 Å². The molecule has 0 spiro atoms. The lowest BCUT2D eigenvalue weighted by molar-refractivity contribution is 0.971. The van der Waals surface area contributed by atoms with Gasteiger partial charge in [0.1, 0.15) is 0 Å². The van der Waals surface area contributed by atoms with Crippen molar-refractivity contribution in [3.63, 3.8) is 0 Å². The van der Waals surface area contributed by atoms with E-state index in [2.05, 4.69) is 9.97 Å². The molecule has 0 bridgehead atoms. The fourth-order valence-corrected chi connectivity index (χ4v) is 0.993. The zero-order valence-corrected chi connectivity index (χ0v) is 8.06. The molecule has 3 nitrogen and oxygen atoms in total. The molecule has 0 aliphatic rings. The van der Waals surface area contributed by atoms with Crippen LogP contribution in [0, 0.1) is 0 Å². The van der Waals surface area contributed by atoms with Crippen molar-refractivity contribution in [2.24, 2.45) is 5.73 Å². The minimum absolute atomic E-state index is 0.734. The summed E-state index contributed by atoms with van der Waals surface area (Å²) in [4.78, 5) is 6.74. The SMILES string of the molecule is NCCc1cc[nH]c1.c1ccncc1. The van der Waals surface area contributed by atoms with Gasteiger partial charge < -0.3 is 10.7 Å². The summed E-state index contributed by atoms with van der Waals surface area (Å²) in [5.74, 6) is 0. The molecule has 2 heterocycles. The van der Waals surface area contributed by atoms with Gasteiger partial charge in [0.25, 0.3) is 0 Å². The van der Waals surface area contributed by atoms with Crippen LogP contribution in [0.15, 0.2) is 49.1 Å². The molecule has 2 aromatic heterocycles. The van der Waals surface area contributed by atoms with Crippen LogP contribution in [-0.2, 0) is 6.42 Å². The van der Waals surface area contributed by atoms with E-state index in [0.717, 1.165) is 13.0 Å². The molecule has 2 aromatic rings. The molecule has 0 aliphatic carbocycles. The maximum absolute atomic E-state index is 5.31. The van der Waals surface area contributed by atoms with E-state index in [1.807, 2.05) is 36.7 Å². The van der Waals surface area contributed by atoms with Crippen molar-refractivity contribution in [2.75, 3.05) is 6.54 Å². The molecular weight excluding hydrogens is 174 g/mol. The third-order valence-corrected chi connectivity index (χ3v) is 1.66. The average Bonchev–Trinajstić information content (AvgIpc) is 2.75. The highest BCUT2D eigenvalue weighted by Gasteiger charge is 1.86. The van der Waals surface area contributed by atoms with Gasteiger partial charge in [-0.1, -0.05) is 6.07 Å². The van der Waals surface area contributed by atoms with E-state index in [9.17, 15) is 0 Å². The number of hydrogen-bond acceptors (Lipinski definition) is 2. The van der Waals surface area contributed by atoms with Crippen molar-refractivity contribution in [3.05, 3.63) is 54.6 Å². The maximum Gasteiger partial charge on any atom is 0.0267 e. The van der Waals surface area contributed by atoms with Crippen LogP contribution in [-0.4, -0.2) is 16.5 Å². The highest BCUT2D eigenvalue weighted by Crippen LogP contribution is 1.94. The Labute approximate surface area is 84.0 Å². The van der Waals surface area contributed by atoms with Crippen molar-refractivity contribution in [3.8, 4) is 0 Å². The highest BCUT2D eigenvalue weighted by molar-refractivity contribution is 5.08. The smallest absolute Gasteiger partial charge is 0.0267 e. The molecule has 0 atom stereocenters. The summed E-state index contributed by atoms with van der Waals surface area (Å²) in [6, 6.07) is 7.75. The quantitative estimate of drug-likeness (QED) is 0.754. The minimum atomic E-state index is 0.734. The van der Waals surface area contributed by atoms with Crippen molar-refractivity contribution < 1.29 is 0 Å². The second-order valence-corrected chi connectivity index (χ2v) is 2.78. The van der Waals surface area contributed by atoms with Gasteiger partial charge in [0, 0.05) is 24.8 Å². The van der Waals surface area contributed by atoms with Crippen LogP contribution in [0.25, 0.3) is 0 Å². The second kappa shape index (κ2) is 6.86. The van der Waals surface area contributed by atoms with E-state index in [0.29, 0.717) is 0 Å². The molecule has 3 heteroatoms. The van der Waals surface area contributed by atoms with E-state index in [1.54, 1.807) is 12.4 Å². The number of pyridine rings is 1. The largest absolute Gasteiger partial charge is 0.367 e. The number of nitrogens with one attached hydrogen (secondary N) is 1. The highest BCUT2D eigenvalue weighted by atomic mass is 14.6. The summed E-state index contributed by atoms with van der Waals surface area (Å²) in [5.41, 5.74) is 6.59. The van der Waals surface area contributed by atoms with E-state index < -0.39 is 0 Å². The number of H-pyrrole nitrogens is 1. The molecular formula is C11H15N3. The Balaban J connectivity index is 0.000000146. The minimum Gasteiger partial charge on any atom is -0.367 e. The number of nitrogens with two attached hydrogens (primary N) is 1. The van der Waals surface area contributed by atoms with E-state index in [1.165, 1.54) is 5.56 Å². The fraction of sp³-hybridized carbons (Fsp3) is 0.182. The fourth-order valence-electron chi connectivity index (χ4n) is 0.993. The lowest BCUT2D eigenvalue weighted by Crippen LogP contribution is -2.01. The number of hydrogen-bond donors (Lipinski definition) is 2. The zero-order chi connectivity index (χ0) is 10.1.